The van der Waals surface area contributed by atoms with Crippen molar-refractivity contribution in [3.05, 3.63) is 59.4 Å². The molecule has 0 aliphatic carbocycles. The molecule has 0 spiro atoms. The minimum Gasteiger partial charge on any atom is -0.491 e. The molecule has 1 amide bonds. The van der Waals surface area contributed by atoms with Crippen LogP contribution in [0.4, 0.5) is 0 Å². The summed E-state index contributed by atoms with van der Waals surface area (Å²) < 4.78 is 10.8. The predicted octanol–water partition coefficient (Wildman–Crippen LogP) is 2.59. The van der Waals surface area contributed by atoms with Gasteiger partial charge in [-0.05, 0) is 49.1 Å². The van der Waals surface area contributed by atoms with Gasteiger partial charge in [-0.15, -0.1) is 0 Å². The largest absolute Gasteiger partial charge is 0.491 e. The summed E-state index contributed by atoms with van der Waals surface area (Å²) in [6.07, 6.45) is 2.70. The molecule has 0 aliphatic heterocycles. The Hall–Kier alpha value is -2.93. The number of nitrogens with zero attached hydrogens (tertiary/aromatic N) is 1. The van der Waals surface area contributed by atoms with Crippen LogP contribution >= 0.6 is 0 Å². The molecule has 2 rings (SSSR count). The Labute approximate surface area is 171 Å². The number of carboxylic acids is 1. The molecule has 1 aromatic heterocycles. The first-order valence-electron chi connectivity index (χ1n) is 9.80. The molecule has 0 radical (unpaired) electrons. The molecule has 1 unspecified atom stereocenters. The highest BCUT2D eigenvalue weighted by molar-refractivity contribution is 6.02. The third kappa shape index (κ3) is 6.87. The van der Waals surface area contributed by atoms with Crippen LogP contribution in [-0.4, -0.2) is 48.3 Å². The van der Waals surface area contributed by atoms with E-state index >= 15 is 0 Å². The highest BCUT2D eigenvalue weighted by atomic mass is 16.5. The van der Waals surface area contributed by atoms with Crippen molar-refractivity contribution in [2.75, 3.05) is 26.4 Å². The molecular formula is C22H28N2O5. The average molecular weight is 400 g/mol. The van der Waals surface area contributed by atoms with E-state index < -0.39 is 17.8 Å². The highest BCUT2D eigenvalue weighted by Crippen LogP contribution is 2.19. The number of ether oxygens (including phenoxy) is 2. The van der Waals surface area contributed by atoms with Crippen molar-refractivity contribution in [1.29, 1.82) is 0 Å². The molecule has 0 saturated heterocycles. The van der Waals surface area contributed by atoms with E-state index in [-0.39, 0.29) is 0 Å². The lowest BCUT2D eigenvalue weighted by Crippen LogP contribution is -2.35. The van der Waals surface area contributed by atoms with E-state index in [0.29, 0.717) is 44.9 Å². The van der Waals surface area contributed by atoms with Crippen LogP contribution in [0.5, 0.6) is 5.75 Å². The van der Waals surface area contributed by atoms with Gasteiger partial charge >= 0.3 is 5.97 Å². The zero-order chi connectivity index (χ0) is 21.1. The predicted molar refractivity (Wildman–Crippen MR) is 109 cm³/mol. The molecule has 29 heavy (non-hydrogen) atoms. The number of nitrogens with one attached hydrogen (secondary N) is 1. The zero-order valence-electron chi connectivity index (χ0n) is 16.9. The molecule has 2 N–H and O–H groups in total. The fourth-order valence-corrected chi connectivity index (χ4v) is 2.91. The summed E-state index contributed by atoms with van der Waals surface area (Å²) in [7, 11) is 0. The summed E-state index contributed by atoms with van der Waals surface area (Å²) in [6.45, 7) is 5.88. The van der Waals surface area contributed by atoms with E-state index in [4.69, 9.17) is 9.47 Å². The van der Waals surface area contributed by atoms with Crippen molar-refractivity contribution in [1.82, 2.24) is 10.3 Å². The molecule has 0 fully saturated rings. The monoisotopic (exact) mass is 400 g/mol. The zero-order valence-corrected chi connectivity index (χ0v) is 16.9. The Morgan fingerprint density at radius 1 is 1.14 bits per heavy atom. The minimum atomic E-state index is -1.31. The van der Waals surface area contributed by atoms with Gasteiger partial charge < -0.3 is 19.9 Å². The van der Waals surface area contributed by atoms with Gasteiger partial charge in [0.2, 0.25) is 5.91 Å². The molecule has 1 heterocycles. The number of carbonyl (C=O) groups excluding carboxylic acids is 1. The molecular weight excluding hydrogens is 372 g/mol. The first kappa shape index (κ1) is 22.4. The second-order valence-electron chi connectivity index (χ2n) is 6.40. The van der Waals surface area contributed by atoms with Gasteiger partial charge in [0.25, 0.3) is 0 Å². The van der Waals surface area contributed by atoms with Gasteiger partial charge in [-0.1, -0.05) is 25.1 Å². The Morgan fingerprint density at radius 3 is 2.55 bits per heavy atom. The molecule has 2 aromatic rings. The van der Waals surface area contributed by atoms with Gasteiger partial charge in [-0.2, -0.15) is 0 Å². The summed E-state index contributed by atoms with van der Waals surface area (Å²) in [5.41, 5.74) is 2.07. The Balaban J connectivity index is 1.88. The van der Waals surface area contributed by atoms with E-state index in [1.165, 1.54) is 6.20 Å². The Kier molecular flexibility index (Phi) is 9.11. The third-order valence-corrected chi connectivity index (χ3v) is 4.43. The van der Waals surface area contributed by atoms with Crippen LogP contribution in [0.25, 0.3) is 0 Å². The maximum Gasteiger partial charge on any atom is 0.322 e. The lowest BCUT2D eigenvalue weighted by atomic mass is 9.97. The van der Waals surface area contributed by atoms with Crippen molar-refractivity contribution in [2.24, 2.45) is 0 Å². The van der Waals surface area contributed by atoms with Crippen molar-refractivity contribution in [3.63, 3.8) is 0 Å². The van der Waals surface area contributed by atoms with Gasteiger partial charge in [0.15, 0.2) is 5.92 Å². The smallest absolute Gasteiger partial charge is 0.322 e. The van der Waals surface area contributed by atoms with Crippen LogP contribution < -0.4 is 10.1 Å². The van der Waals surface area contributed by atoms with Gasteiger partial charge in [0.05, 0.1) is 12.3 Å². The van der Waals surface area contributed by atoms with Gasteiger partial charge in [-0.25, -0.2) is 0 Å². The fraction of sp³-hybridized carbons (Fsp3) is 0.409. The lowest BCUT2D eigenvalue weighted by molar-refractivity contribution is -0.143. The van der Waals surface area contributed by atoms with E-state index in [9.17, 15) is 14.7 Å². The third-order valence-electron chi connectivity index (χ3n) is 4.43. The standard InChI is InChI=1S/C22H28N2O5/c1-3-17-6-5-12-23-20(17)19(22(26)27)21(25)24-13-11-16-7-9-18(10-8-16)29-15-14-28-4-2/h5-10,12,19H,3-4,11,13-15H2,1-2H3,(H,24,25)(H,26,27). The first-order chi connectivity index (χ1) is 14.1. The van der Waals surface area contributed by atoms with Crippen LogP contribution in [0.2, 0.25) is 0 Å². The van der Waals surface area contributed by atoms with E-state index in [2.05, 4.69) is 10.3 Å². The normalized spacial score (nSPS) is 11.7. The molecule has 0 bridgehead atoms. The van der Waals surface area contributed by atoms with Crippen LogP contribution in [0, 0.1) is 0 Å². The number of rotatable bonds is 12. The van der Waals surface area contributed by atoms with Gasteiger partial charge in [0, 0.05) is 19.3 Å². The number of benzene rings is 1. The maximum atomic E-state index is 12.5. The highest BCUT2D eigenvalue weighted by Gasteiger charge is 2.31. The molecule has 7 heteroatoms. The van der Waals surface area contributed by atoms with E-state index in [1.807, 2.05) is 38.1 Å². The van der Waals surface area contributed by atoms with Crippen molar-refractivity contribution < 1.29 is 24.2 Å². The fourth-order valence-electron chi connectivity index (χ4n) is 2.91. The van der Waals surface area contributed by atoms with Crippen LogP contribution in [0.15, 0.2) is 42.6 Å². The van der Waals surface area contributed by atoms with Crippen LogP contribution in [0.3, 0.4) is 0 Å². The SMILES string of the molecule is CCOCCOc1ccc(CCNC(=O)C(C(=O)O)c2ncccc2CC)cc1. The summed E-state index contributed by atoms with van der Waals surface area (Å²) in [5, 5.41) is 12.3. The number of aryl methyl sites for hydroxylation is 1. The van der Waals surface area contributed by atoms with Crippen molar-refractivity contribution in [2.45, 2.75) is 32.6 Å². The molecule has 1 atom stereocenters. The second-order valence-corrected chi connectivity index (χ2v) is 6.40. The van der Waals surface area contributed by atoms with Crippen LogP contribution in [0.1, 0.15) is 36.6 Å². The number of aromatic nitrogens is 1. The Bertz CT molecular complexity index is 792. The number of amides is 1. The molecule has 7 nitrogen and oxygen atoms in total. The summed E-state index contributed by atoms with van der Waals surface area (Å²) in [4.78, 5) is 28.3. The Morgan fingerprint density at radius 2 is 1.90 bits per heavy atom. The van der Waals surface area contributed by atoms with E-state index in [0.717, 1.165) is 16.9 Å². The molecule has 1 aromatic carbocycles. The van der Waals surface area contributed by atoms with Crippen LogP contribution in [-0.2, 0) is 27.2 Å². The number of carboxylic acid groups (broad SMARTS) is 1. The number of carbonyl (C=O) groups is 2. The van der Waals surface area contributed by atoms with Gasteiger partial charge in [0.1, 0.15) is 12.4 Å². The topological polar surface area (TPSA) is 97.8 Å². The number of hydrogen-bond donors (Lipinski definition) is 2. The molecule has 156 valence electrons. The molecule has 0 aliphatic rings. The summed E-state index contributed by atoms with van der Waals surface area (Å²) >= 11 is 0. The minimum absolute atomic E-state index is 0.300. The second kappa shape index (κ2) is 11.8. The van der Waals surface area contributed by atoms with E-state index in [1.54, 1.807) is 12.1 Å². The maximum absolute atomic E-state index is 12.5. The first-order valence-corrected chi connectivity index (χ1v) is 9.80. The number of aliphatic carboxylic acids is 1. The number of hydrogen-bond acceptors (Lipinski definition) is 5. The summed E-state index contributed by atoms with van der Waals surface area (Å²) in [5.74, 6) is -2.32. The van der Waals surface area contributed by atoms with Crippen molar-refractivity contribution >= 4 is 11.9 Å². The number of pyridine rings is 1. The lowest BCUT2D eigenvalue weighted by Gasteiger charge is -2.15. The molecule has 0 saturated carbocycles. The quantitative estimate of drug-likeness (QED) is 0.420. The average Bonchev–Trinajstić information content (AvgIpc) is 2.72. The summed E-state index contributed by atoms with van der Waals surface area (Å²) in [6, 6.07) is 11.1. The van der Waals surface area contributed by atoms with Crippen molar-refractivity contribution in [3.8, 4) is 5.75 Å². The van der Waals surface area contributed by atoms with Gasteiger partial charge in [-0.3, -0.25) is 14.6 Å².